The van der Waals surface area contributed by atoms with E-state index in [0.717, 1.165) is 16.6 Å². The standard InChI is InChI=1S/C27H25N5O3/c33-26(17-35-25-9-5-4-8-22(25)18-6-2-1-3-7-18)31-13-20-15-32(16-21(20)14-31)27(34)19-10-11-23-24(12-19)29-30-28-23/h1-12,20-21H,13-17H2,(H,28,29,30)/t20-,21-/m1/s1. The number of fused-ring (bicyclic) bond motifs is 2. The zero-order valence-electron chi connectivity index (χ0n) is 19.1. The minimum atomic E-state index is -0.0170. The molecule has 2 aliphatic rings. The molecule has 3 aromatic carbocycles. The summed E-state index contributed by atoms with van der Waals surface area (Å²) >= 11 is 0. The molecule has 2 amide bonds. The van der Waals surface area contributed by atoms with Crippen LogP contribution in [-0.2, 0) is 4.79 Å². The van der Waals surface area contributed by atoms with Crippen molar-refractivity contribution in [3.8, 4) is 16.9 Å². The van der Waals surface area contributed by atoms with E-state index in [1.165, 1.54) is 0 Å². The number of likely N-dealkylation sites (tertiary alicyclic amines) is 2. The van der Waals surface area contributed by atoms with E-state index in [0.29, 0.717) is 43.0 Å². The number of ether oxygens (including phenoxy) is 1. The number of benzene rings is 3. The van der Waals surface area contributed by atoms with Crippen LogP contribution in [-0.4, -0.2) is 69.8 Å². The number of para-hydroxylation sites is 1. The molecule has 176 valence electrons. The van der Waals surface area contributed by atoms with Gasteiger partial charge < -0.3 is 14.5 Å². The number of rotatable bonds is 5. The fourth-order valence-corrected chi connectivity index (χ4v) is 5.20. The summed E-state index contributed by atoms with van der Waals surface area (Å²) in [5.41, 5.74) is 4.06. The molecule has 2 atom stereocenters. The van der Waals surface area contributed by atoms with Gasteiger partial charge in [-0.1, -0.05) is 48.5 Å². The van der Waals surface area contributed by atoms with Crippen molar-refractivity contribution in [3.05, 3.63) is 78.4 Å². The first-order chi connectivity index (χ1) is 17.2. The van der Waals surface area contributed by atoms with Crippen LogP contribution in [0.15, 0.2) is 72.8 Å². The van der Waals surface area contributed by atoms with Crippen molar-refractivity contribution in [1.82, 2.24) is 25.2 Å². The highest BCUT2D eigenvalue weighted by atomic mass is 16.5. The van der Waals surface area contributed by atoms with Gasteiger partial charge in [0.1, 0.15) is 16.8 Å². The lowest BCUT2D eigenvalue weighted by atomic mass is 10.0. The summed E-state index contributed by atoms with van der Waals surface area (Å²) in [5.74, 6) is 1.26. The molecule has 3 heterocycles. The van der Waals surface area contributed by atoms with Crippen LogP contribution in [0.4, 0.5) is 0 Å². The summed E-state index contributed by atoms with van der Waals surface area (Å²) in [6.45, 7) is 2.62. The van der Waals surface area contributed by atoms with E-state index in [4.69, 9.17) is 4.74 Å². The van der Waals surface area contributed by atoms with Gasteiger partial charge in [0.05, 0.1) is 0 Å². The Balaban J connectivity index is 1.06. The molecule has 8 heteroatoms. The Bertz CT molecular complexity index is 1370. The second kappa shape index (κ2) is 8.87. The van der Waals surface area contributed by atoms with Gasteiger partial charge in [0.15, 0.2) is 6.61 Å². The fraction of sp³-hybridized carbons (Fsp3) is 0.259. The number of amides is 2. The molecule has 0 aliphatic carbocycles. The molecule has 1 aromatic heterocycles. The maximum Gasteiger partial charge on any atom is 0.260 e. The average molecular weight is 468 g/mol. The first-order valence-electron chi connectivity index (χ1n) is 11.8. The predicted molar refractivity (Wildman–Crippen MR) is 131 cm³/mol. The number of H-pyrrole nitrogens is 1. The van der Waals surface area contributed by atoms with Crippen LogP contribution in [0.3, 0.4) is 0 Å². The quantitative estimate of drug-likeness (QED) is 0.487. The number of carbonyl (C=O) groups is 2. The van der Waals surface area contributed by atoms with Crippen molar-refractivity contribution >= 4 is 22.8 Å². The summed E-state index contributed by atoms with van der Waals surface area (Å²) in [5, 5.41) is 10.7. The molecule has 2 saturated heterocycles. The number of hydrogen-bond acceptors (Lipinski definition) is 5. The first kappa shape index (κ1) is 21.3. The maximum absolute atomic E-state index is 13.0. The molecule has 4 aromatic rings. The van der Waals surface area contributed by atoms with Crippen molar-refractivity contribution in [2.45, 2.75) is 0 Å². The largest absolute Gasteiger partial charge is 0.483 e. The normalized spacial score (nSPS) is 19.2. The minimum absolute atomic E-state index is 0.00280. The molecular weight excluding hydrogens is 442 g/mol. The lowest BCUT2D eigenvalue weighted by molar-refractivity contribution is -0.132. The van der Waals surface area contributed by atoms with E-state index in [2.05, 4.69) is 15.4 Å². The smallest absolute Gasteiger partial charge is 0.260 e. The third-order valence-corrected chi connectivity index (χ3v) is 7.01. The van der Waals surface area contributed by atoms with Gasteiger partial charge in [-0.3, -0.25) is 9.59 Å². The fourth-order valence-electron chi connectivity index (χ4n) is 5.20. The summed E-state index contributed by atoms with van der Waals surface area (Å²) in [4.78, 5) is 29.7. The van der Waals surface area contributed by atoms with E-state index < -0.39 is 0 Å². The number of nitrogens with zero attached hydrogens (tertiary/aromatic N) is 4. The van der Waals surface area contributed by atoms with Crippen molar-refractivity contribution in [2.24, 2.45) is 11.8 Å². The Morgan fingerprint density at radius 3 is 2.31 bits per heavy atom. The average Bonchev–Trinajstić information content (AvgIpc) is 3.62. The van der Waals surface area contributed by atoms with Crippen LogP contribution in [0.2, 0.25) is 0 Å². The van der Waals surface area contributed by atoms with Crippen molar-refractivity contribution < 1.29 is 14.3 Å². The van der Waals surface area contributed by atoms with Crippen LogP contribution in [0, 0.1) is 11.8 Å². The van der Waals surface area contributed by atoms with Crippen LogP contribution in [0.25, 0.3) is 22.2 Å². The first-order valence-corrected chi connectivity index (χ1v) is 11.8. The Kier molecular flexibility index (Phi) is 5.41. The monoisotopic (exact) mass is 467 g/mol. The van der Waals surface area contributed by atoms with Gasteiger partial charge in [-0.2, -0.15) is 15.4 Å². The van der Waals surface area contributed by atoms with Crippen LogP contribution >= 0.6 is 0 Å². The van der Waals surface area contributed by atoms with Crippen LogP contribution in [0.1, 0.15) is 10.4 Å². The topological polar surface area (TPSA) is 91.4 Å². The highest BCUT2D eigenvalue weighted by Gasteiger charge is 2.43. The zero-order valence-corrected chi connectivity index (χ0v) is 19.1. The van der Waals surface area contributed by atoms with Crippen molar-refractivity contribution in [3.63, 3.8) is 0 Å². The highest BCUT2D eigenvalue weighted by molar-refractivity contribution is 5.97. The Labute approximate surface area is 202 Å². The number of aromatic nitrogens is 3. The number of nitrogens with one attached hydrogen (secondary N) is 1. The van der Waals surface area contributed by atoms with Gasteiger partial charge in [0.25, 0.3) is 11.8 Å². The summed E-state index contributed by atoms with van der Waals surface area (Å²) in [6.07, 6.45) is 0. The van der Waals surface area contributed by atoms with Crippen LogP contribution in [0.5, 0.6) is 5.75 Å². The zero-order chi connectivity index (χ0) is 23.8. The third kappa shape index (κ3) is 4.12. The number of aromatic amines is 1. The highest BCUT2D eigenvalue weighted by Crippen LogP contribution is 2.33. The van der Waals surface area contributed by atoms with E-state index >= 15 is 0 Å². The second-order valence-corrected chi connectivity index (χ2v) is 9.21. The molecule has 2 fully saturated rings. The van der Waals surface area contributed by atoms with E-state index in [9.17, 15) is 9.59 Å². The SMILES string of the molecule is O=C(COc1ccccc1-c1ccccc1)N1C[C@@H]2CN(C(=O)c3ccc4n[nH]nc4c3)C[C@H]2C1. The molecule has 0 unspecified atom stereocenters. The molecule has 1 N–H and O–H groups in total. The number of hydrogen-bond donors (Lipinski definition) is 1. The lowest BCUT2D eigenvalue weighted by Crippen LogP contribution is -2.37. The molecule has 0 saturated carbocycles. The Morgan fingerprint density at radius 1 is 0.829 bits per heavy atom. The summed E-state index contributed by atoms with van der Waals surface area (Å²) < 4.78 is 5.96. The van der Waals surface area contributed by atoms with Gasteiger partial charge in [0.2, 0.25) is 0 Å². The second-order valence-electron chi connectivity index (χ2n) is 9.21. The summed E-state index contributed by atoms with van der Waals surface area (Å²) in [6, 6.07) is 23.2. The van der Waals surface area contributed by atoms with E-state index in [1.807, 2.05) is 64.4 Å². The molecule has 35 heavy (non-hydrogen) atoms. The molecule has 0 bridgehead atoms. The molecule has 0 radical (unpaired) electrons. The molecule has 0 spiro atoms. The summed E-state index contributed by atoms with van der Waals surface area (Å²) in [7, 11) is 0. The molecule has 2 aliphatic heterocycles. The predicted octanol–water partition coefficient (Wildman–Crippen LogP) is 3.23. The van der Waals surface area contributed by atoms with Crippen molar-refractivity contribution in [2.75, 3.05) is 32.8 Å². The van der Waals surface area contributed by atoms with E-state index in [-0.39, 0.29) is 30.3 Å². The number of carbonyl (C=O) groups excluding carboxylic acids is 2. The lowest BCUT2D eigenvalue weighted by Gasteiger charge is -2.22. The van der Waals surface area contributed by atoms with Crippen LogP contribution < -0.4 is 4.74 Å². The van der Waals surface area contributed by atoms with E-state index in [1.54, 1.807) is 18.2 Å². The third-order valence-electron chi connectivity index (χ3n) is 7.01. The molecule has 6 rings (SSSR count). The van der Waals surface area contributed by atoms with Gasteiger partial charge in [-0.05, 0) is 29.8 Å². The Morgan fingerprint density at radius 2 is 1.51 bits per heavy atom. The van der Waals surface area contributed by atoms with Gasteiger partial charge in [-0.15, -0.1) is 0 Å². The molecular formula is C27H25N5O3. The molecule has 8 nitrogen and oxygen atoms in total. The van der Waals surface area contributed by atoms with Crippen molar-refractivity contribution in [1.29, 1.82) is 0 Å². The Hall–Kier alpha value is -4.20. The maximum atomic E-state index is 13.0. The van der Waals surface area contributed by atoms with Gasteiger partial charge in [-0.25, -0.2) is 0 Å². The van der Waals surface area contributed by atoms with Gasteiger partial charge >= 0.3 is 0 Å². The minimum Gasteiger partial charge on any atom is -0.483 e. The van der Waals surface area contributed by atoms with Gasteiger partial charge in [0, 0.05) is 49.1 Å².